The van der Waals surface area contributed by atoms with E-state index in [2.05, 4.69) is 22.4 Å². The van der Waals surface area contributed by atoms with Crippen molar-refractivity contribution in [3.05, 3.63) is 39.6 Å². The van der Waals surface area contributed by atoms with E-state index in [4.69, 9.17) is 16.0 Å². The lowest BCUT2D eigenvalue weighted by Gasteiger charge is -1.98. The van der Waals surface area contributed by atoms with Crippen molar-refractivity contribution in [3.63, 3.8) is 0 Å². The van der Waals surface area contributed by atoms with Gasteiger partial charge in [0, 0.05) is 17.4 Å². The lowest BCUT2D eigenvalue weighted by molar-refractivity contribution is 0.0998. The number of carbonyl (C=O) groups excluding carboxylic acids is 1. The molecule has 0 bridgehead atoms. The Labute approximate surface area is 142 Å². The number of hydrogen-bond donors (Lipinski definition) is 1. The van der Waals surface area contributed by atoms with Gasteiger partial charge in [-0.15, -0.1) is 10.2 Å². The van der Waals surface area contributed by atoms with E-state index < -0.39 is 0 Å². The number of carbonyl (C=O) groups is 1. The molecule has 0 radical (unpaired) electrons. The molecule has 0 spiro atoms. The van der Waals surface area contributed by atoms with Crippen molar-refractivity contribution in [3.8, 4) is 0 Å². The summed E-state index contributed by atoms with van der Waals surface area (Å²) in [6.07, 6.45) is 3.04. The first-order valence-electron chi connectivity index (χ1n) is 7.41. The number of benzene rings is 1. The summed E-state index contributed by atoms with van der Waals surface area (Å²) in [6.45, 7) is 3.96. The lowest BCUT2D eigenvalue weighted by Crippen LogP contribution is -2.11. The Morgan fingerprint density at radius 1 is 1.39 bits per heavy atom. The van der Waals surface area contributed by atoms with E-state index >= 15 is 0 Å². The highest BCUT2D eigenvalue weighted by atomic mass is 35.5. The molecule has 0 aliphatic carbocycles. The fraction of sp³-hybridized carbons (Fsp3) is 0.312. The Bertz CT molecular complexity index is 856. The normalized spacial score (nSPS) is 11.1. The molecule has 120 valence electrons. The van der Waals surface area contributed by atoms with Gasteiger partial charge in [0.15, 0.2) is 11.3 Å². The van der Waals surface area contributed by atoms with Crippen molar-refractivity contribution >= 4 is 44.9 Å². The molecule has 0 fully saturated rings. The second-order valence-corrected chi connectivity index (χ2v) is 6.70. The van der Waals surface area contributed by atoms with Gasteiger partial charge in [0.05, 0.1) is 5.02 Å². The van der Waals surface area contributed by atoms with Crippen molar-refractivity contribution in [2.45, 2.75) is 33.1 Å². The molecule has 3 rings (SSSR count). The van der Waals surface area contributed by atoms with Crippen molar-refractivity contribution in [2.24, 2.45) is 0 Å². The zero-order valence-electron chi connectivity index (χ0n) is 12.9. The van der Waals surface area contributed by atoms with Gasteiger partial charge in [-0.3, -0.25) is 10.1 Å². The fourth-order valence-corrected chi connectivity index (χ4v) is 3.30. The maximum absolute atomic E-state index is 12.4. The Balaban J connectivity index is 1.82. The summed E-state index contributed by atoms with van der Waals surface area (Å²) in [5.74, 6) is -0.0913. The van der Waals surface area contributed by atoms with Crippen LogP contribution in [0.3, 0.4) is 0 Å². The number of fused-ring (bicyclic) bond motifs is 1. The molecule has 2 heterocycles. The van der Waals surface area contributed by atoms with Gasteiger partial charge in [0.1, 0.15) is 5.01 Å². The second-order valence-electron chi connectivity index (χ2n) is 5.23. The van der Waals surface area contributed by atoms with Crippen LogP contribution in [0.1, 0.15) is 40.9 Å². The summed E-state index contributed by atoms with van der Waals surface area (Å²) in [7, 11) is 0. The van der Waals surface area contributed by atoms with Crippen molar-refractivity contribution in [2.75, 3.05) is 5.32 Å². The monoisotopic (exact) mass is 349 g/mol. The predicted octanol–water partition coefficient (Wildman–Crippen LogP) is 4.84. The van der Waals surface area contributed by atoms with Gasteiger partial charge >= 0.3 is 0 Å². The van der Waals surface area contributed by atoms with Crippen LogP contribution in [0.2, 0.25) is 5.02 Å². The number of nitrogens with one attached hydrogen (secondary N) is 1. The van der Waals surface area contributed by atoms with Crippen molar-refractivity contribution in [1.29, 1.82) is 0 Å². The number of amides is 1. The van der Waals surface area contributed by atoms with E-state index in [9.17, 15) is 4.79 Å². The Kier molecular flexibility index (Phi) is 4.63. The zero-order chi connectivity index (χ0) is 16.4. The van der Waals surface area contributed by atoms with Crippen LogP contribution in [0, 0.1) is 6.92 Å². The maximum atomic E-state index is 12.4. The summed E-state index contributed by atoms with van der Waals surface area (Å²) in [6, 6.07) is 5.45. The number of para-hydroxylation sites is 1. The van der Waals surface area contributed by atoms with Gasteiger partial charge in [0.2, 0.25) is 5.13 Å². The molecular formula is C16H16ClN3O2S. The smallest absolute Gasteiger partial charge is 0.293 e. The number of halogens is 1. The third kappa shape index (κ3) is 3.23. The highest BCUT2D eigenvalue weighted by molar-refractivity contribution is 7.15. The van der Waals surface area contributed by atoms with Crippen LogP contribution in [0.15, 0.2) is 22.6 Å². The van der Waals surface area contributed by atoms with E-state index in [0.29, 0.717) is 15.7 Å². The molecule has 1 amide bonds. The molecule has 0 aliphatic rings. The summed E-state index contributed by atoms with van der Waals surface area (Å²) in [5, 5.41) is 13.6. The second kappa shape index (κ2) is 6.68. The zero-order valence-corrected chi connectivity index (χ0v) is 14.4. The average Bonchev–Trinajstić information content (AvgIpc) is 3.11. The minimum atomic E-state index is -0.340. The van der Waals surface area contributed by atoms with Crippen LogP contribution in [-0.4, -0.2) is 16.1 Å². The molecule has 2 aromatic heterocycles. The van der Waals surface area contributed by atoms with Crippen molar-refractivity contribution in [1.82, 2.24) is 10.2 Å². The number of anilines is 1. The maximum Gasteiger partial charge on any atom is 0.293 e. The Morgan fingerprint density at radius 2 is 2.22 bits per heavy atom. The average molecular weight is 350 g/mol. The summed E-state index contributed by atoms with van der Waals surface area (Å²) in [4.78, 5) is 12.4. The molecule has 0 saturated heterocycles. The third-order valence-electron chi connectivity index (χ3n) is 3.55. The highest BCUT2D eigenvalue weighted by Gasteiger charge is 2.20. The van der Waals surface area contributed by atoms with Gasteiger partial charge in [-0.25, -0.2) is 0 Å². The first kappa shape index (κ1) is 16.0. The van der Waals surface area contributed by atoms with Crippen LogP contribution in [0.4, 0.5) is 5.13 Å². The number of furan rings is 1. The molecule has 1 N–H and O–H groups in total. The molecule has 23 heavy (non-hydrogen) atoms. The van der Waals surface area contributed by atoms with Crippen LogP contribution in [-0.2, 0) is 6.42 Å². The summed E-state index contributed by atoms with van der Waals surface area (Å²) < 4.78 is 5.65. The molecule has 5 nitrogen and oxygen atoms in total. The van der Waals surface area contributed by atoms with E-state index in [1.165, 1.54) is 11.3 Å². The van der Waals surface area contributed by atoms with Gasteiger partial charge in [-0.05, 0) is 19.4 Å². The van der Waals surface area contributed by atoms with E-state index in [1.54, 1.807) is 6.07 Å². The molecule has 3 aromatic rings. The van der Waals surface area contributed by atoms with Crippen LogP contribution >= 0.6 is 22.9 Å². The Hall–Kier alpha value is -1.92. The van der Waals surface area contributed by atoms with Crippen LogP contribution in [0.5, 0.6) is 0 Å². The standard InChI is InChI=1S/C16H16ClN3O2S/c1-3-4-8-12-19-20-16(23-12)18-15(21)13-9(2)10-6-5-7-11(17)14(10)22-13/h5-7H,3-4,8H2,1-2H3,(H,18,20,21). The number of aromatic nitrogens is 2. The van der Waals surface area contributed by atoms with Crippen LogP contribution in [0.25, 0.3) is 11.0 Å². The van der Waals surface area contributed by atoms with Gasteiger partial charge in [-0.2, -0.15) is 0 Å². The SMILES string of the molecule is CCCCc1nnc(NC(=O)c2oc3c(Cl)cccc3c2C)s1. The Morgan fingerprint density at radius 3 is 2.96 bits per heavy atom. The van der Waals surface area contributed by atoms with Crippen LogP contribution < -0.4 is 5.32 Å². The molecule has 0 atom stereocenters. The highest BCUT2D eigenvalue weighted by Crippen LogP contribution is 2.31. The van der Waals surface area contributed by atoms with Crippen molar-refractivity contribution < 1.29 is 9.21 Å². The number of unbranched alkanes of at least 4 members (excludes halogenated alkanes) is 1. The largest absolute Gasteiger partial charge is 0.449 e. The van der Waals surface area contributed by atoms with Gasteiger partial charge < -0.3 is 4.42 Å². The van der Waals surface area contributed by atoms with Gasteiger partial charge in [0.25, 0.3) is 5.91 Å². The van der Waals surface area contributed by atoms with E-state index in [-0.39, 0.29) is 11.7 Å². The van der Waals surface area contributed by atoms with E-state index in [1.807, 2.05) is 19.1 Å². The quantitative estimate of drug-likeness (QED) is 0.715. The minimum absolute atomic E-state index is 0.249. The predicted molar refractivity (Wildman–Crippen MR) is 92.4 cm³/mol. The summed E-state index contributed by atoms with van der Waals surface area (Å²) >= 11 is 7.50. The van der Waals surface area contributed by atoms with E-state index in [0.717, 1.165) is 35.2 Å². The number of hydrogen-bond acceptors (Lipinski definition) is 5. The first-order valence-corrected chi connectivity index (χ1v) is 8.61. The molecule has 0 unspecified atom stereocenters. The number of aryl methyl sites for hydroxylation is 2. The number of nitrogens with zero attached hydrogens (tertiary/aromatic N) is 2. The molecule has 0 saturated carbocycles. The fourth-order valence-electron chi connectivity index (χ4n) is 2.31. The molecule has 1 aromatic carbocycles. The lowest BCUT2D eigenvalue weighted by atomic mass is 10.1. The topological polar surface area (TPSA) is 68.0 Å². The third-order valence-corrected chi connectivity index (χ3v) is 4.75. The minimum Gasteiger partial charge on any atom is -0.449 e. The first-order chi connectivity index (χ1) is 11.1. The summed E-state index contributed by atoms with van der Waals surface area (Å²) in [5.41, 5.74) is 1.29. The number of rotatable bonds is 5. The van der Waals surface area contributed by atoms with Gasteiger partial charge in [-0.1, -0.05) is 48.4 Å². The molecule has 7 heteroatoms. The molecule has 0 aliphatic heterocycles. The molecular weight excluding hydrogens is 334 g/mol.